The van der Waals surface area contributed by atoms with Crippen molar-refractivity contribution >= 4 is 50.8 Å². The van der Waals surface area contributed by atoms with Gasteiger partial charge < -0.3 is 20.1 Å². The summed E-state index contributed by atoms with van der Waals surface area (Å²) in [5.41, 5.74) is 2.22. The Balaban J connectivity index is 1.22. The molecule has 206 valence electrons. The molecule has 0 spiro atoms. The van der Waals surface area contributed by atoms with E-state index in [1.54, 1.807) is 24.3 Å². The number of aromatic nitrogens is 2. The molecule has 1 fully saturated rings. The predicted octanol–water partition coefficient (Wildman–Crippen LogP) is 6.02. The smallest absolute Gasteiger partial charge is 0.407 e. The molecule has 3 heterocycles. The monoisotopic (exact) mass is 579 g/mol. The second-order valence-electron chi connectivity index (χ2n) is 9.53. The lowest BCUT2D eigenvalue weighted by atomic mass is 10.2. The summed E-state index contributed by atoms with van der Waals surface area (Å²) in [4.78, 5) is 21.5. The molecule has 0 radical (unpaired) electrons. The van der Waals surface area contributed by atoms with Crippen molar-refractivity contribution in [1.82, 2.24) is 20.6 Å². The van der Waals surface area contributed by atoms with Gasteiger partial charge in [0, 0.05) is 24.7 Å². The van der Waals surface area contributed by atoms with Crippen molar-refractivity contribution in [3.8, 4) is 17.6 Å². The molecule has 8 nitrogen and oxygen atoms in total. The molecule has 2 aromatic heterocycles. The van der Waals surface area contributed by atoms with Crippen LogP contribution in [0.4, 0.5) is 20.7 Å². The summed E-state index contributed by atoms with van der Waals surface area (Å²) in [5.74, 6) is 7.26. The number of hydrogen-bond acceptors (Lipinski definition) is 8. The van der Waals surface area contributed by atoms with E-state index in [1.165, 1.54) is 29.8 Å². The third kappa shape index (κ3) is 7.18. The number of fused-ring (bicyclic) bond motifs is 1. The average molecular weight is 580 g/mol. The van der Waals surface area contributed by atoms with Gasteiger partial charge in [-0.3, -0.25) is 5.32 Å². The number of nitrogens with zero attached hydrogens (tertiary/aromatic N) is 2. The molecular weight excluding hydrogens is 553 g/mol. The Labute approximate surface area is 240 Å². The number of nitrogens with one attached hydrogen (secondary N) is 3. The van der Waals surface area contributed by atoms with Crippen molar-refractivity contribution in [3.63, 3.8) is 0 Å². The Morgan fingerprint density at radius 3 is 2.92 bits per heavy atom. The number of amides is 1. The largest absolute Gasteiger partial charge is 0.487 e. The quantitative estimate of drug-likeness (QED) is 0.230. The predicted molar refractivity (Wildman–Crippen MR) is 155 cm³/mol. The van der Waals surface area contributed by atoms with Crippen LogP contribution in [0.25, 0.3) is 10.2 Å². The summed E-state index contributed by atoms with van der Waals surface area (Å²) >= 11 is 7.94. The van der Waals surface area contributed by atoms with Crippen molar-refractivity contribution in [3.05, 3.63) is 76.1 Å². The van der Waals surface area contributed by atoms with Gasteiger partial charge in [0.1, 0.15) is 30.6 Å². The van der Waals surface area contributed by atoms with Crippen LogP contribution >= 0.6 is 22.9 Å². The lowest BCUT2D eigenvalue weighted by molar-refractivity contribution is 0.105. The van der Waals surface area contributed by atoms with E-state index in [0.29, 0.717) is 35.1 Å². The number of benzene rings is 2. The number of hydrogen-bond donors (Lipinski definition) is 3. The molecule has 0 bridgehead atoms. The van der Waals surface area contributed by atoms with Crippen LogP contribution < -0.4 is 20.7 Å². The van der Waals surface area contributed by atoms with Crippen LogP contribution in [0.2, 0.25) is 5.02 Å². The van der Waals surface area contributed by atoms with Crippen molar-refractivity contribution < 1.29 is 18.7 Å². The van der Waals surface area contributed by atoms with Crippen LogP contribution in [-0.2, 0) is 11.3 Å². The van der Waals surface area contributed by atoms with Crippen LogP contribution in [-0.4, -0.2) is 40.8 Å². The third-order valence-electron chi connectivity index (χ3n) is 5.93. The Morgan fingerprint density at radius 2 is 2.12 bits per heavy atom. The van der Waals surface area contributed by atoms with Crippen molar-refractivity contribution in [2.45, 2.75) is 45.1 Å². The molecule has 1 saturated heterocycles. The van der Waals surface area contributed by atoms with E-state index < -0.39 is 6.09 Å². The number of carbonyl (C=O) groups excluding carboxylic acids is 1. The standard InChI is InChI=1S/C29H27ClFN5O3S/c1-17(2)35-29(37)39-22-11-20(32-14-22)6-8-23-13-25-27(40-23)28(34-16-33-25)36-21-7-9-26(24(30)12-21)38-15-18-4-3-5-19(31)10-18/h3-5,7,9-10,12-13,16-17,20,22,32H,11,14-15H2,1-2H3,(H,35,37)(H,33,34,36)/t20-,22-/m1/s1. The lowest BCUT2D eigenvalue weighted by Gasteiger charge is -2.13. The van der Waals surface area contributed by atoms with Gasteiger partial charge in [0.15, 0.2) is 5.82 Å². The summed E-state index contributed by atoms with van der Waals surface area (Å²) < 4.78 is 25.5. The fourth-order valence-corrected chi connectivity index (χ4v) is 5.26. The minimum absolute atomic E-state index is 0.0244. The minimum atomic E-state index is -0.411. The number of ether oxygens (including phenoxy) is 2. The van der Waals surface area contributed by atoms with Crippen molar-refractivity contribution in [1.29, 1.82) is 0 Å². The summed E-state index contributed by atoms with van der Waals surface area (Å²) in [6, 6.07) is 13.5. The van der Waals surface area contributed by atoms with Crippen LogP contribution in [0.1, 0.15) is 30.7 Å². The van der Waals surface area contributed by atoms with Gasteiger partial charge in [-0.15, -0.1) is 11.3 Å². The number of thiophene rings is 1. The highest BCUT2D eigenvalue weighted by Crippen LogP contribution is 2.33. The van der Waals surface area contributed by atoms with E-state index in [-0.39, 0.29) is 30.6 Å². The molecule has 11 heteroatoms. The highest BCUT2D eigenvalue weighted by Gasteiger charge is 2.26. The van der Waals surface area contributed by atoms with Gasteiger partial charge >= 0.3 is 6.09 Å². The van der Waals surface area contributed by atoms with Gasteiger partial charge in [-0.25, -0.2) is 19.2 Å². The Kier molecular flexibility index (Phi) is 8.65. The first kappa shape index (κ1) is 27.6. The van der Waals surface area contributed by atoms with Crippen LogP contribution in [0.15, 0.2) is 54.9 Å². The zero-order chi connectivity index (χ0) is 28.1. The molecule has 2 aromatic carbocycles. The van der Waals surface area contributed by atoms with Gasteiger partial charge in [-0.1, -0.05) is 35.6 Å². The van der Waals surface area contributed by atoms with Gasteiger partial charge in [0.05, 0.1) is 26.2 Å². The van der Waals surface area contributed by atoms with E-state index in [0.717, 1.165) is 20.8 Å². The molecule has 1 aliphatic rings. The first-order valence-corrected chi connectivity index (χ1v) is 13.9. The molecule has 5 rings (SSSR count). The molecule has 0 aliphatic carbocycles. The van der Waals surface area contributed by atoms with Crippen LogP contribution in [0.5, 0.6) is 5.75 Å². The number of rotatable bonds is 7. The first-order chi connectivity index (χ1) is 19.3. The number of alkyl carbamates (subject to hydrolysis) is 1. The van der Waals surface area contributed by atoms with Gasteiger partial charge in [0.2, 0.25) is 0 Å². The number of anilines is 2. The summed E-state index contributed by atoms with van der Waals surface area (Å²) in [5, 5.41) is 9.74. The molecule has 3 N–H and O–H groups in total. The highest BCUT2D eigenvalue weighted by atomic mass is 35.5. The minimum Gasteiger partial charge on any atom is -0.487 e. The van der Waals surface area contributed by atoms with E-state index in [9.17, 15) is 9.18 Å². The Hall–Kier alpha value is -3.91. The fraction of sp³-hybridized carbons (Fsp3) is 0.276. The zero-order valence-electron chi connectivity index (χ0n) is 21.8. The topological polar surface area (TPSA) is 97.4 Å². The molecule has 0 unspecified atom stereocenters. The summed E-state index contributed by atoms with van der Waals surface area (Å²) in [6.45, 7) is 4.54. The molecule has 1 amide bonds. The molecule has 1 aliphatic heterocycles. The Morgan fingerprint density at radius 1 is 1.25 bits per heavy atom. The second-order valence-corrected chi connectivity index (χ2v) is 11.0. The van der Waals surface area contributed by atoms with Gasteiger partial charge in [-0.05, 0) is 55.8 Å². The lowest BCUT2D eigenvalue weighted by Crippen LogP contribution is -2.34. The third-order valence-corrected chi connectivity index (χ3v) is 7.27. The average Bonchev–Trinajstić information content (AvgIpc) is 3.53. The SMILES string of the molecule is CC(C)NC(=O)O[C@H]1CN[C@H](C#Cc2cc3ncnc(Nc4ccc(OCc5cccc(F)c5)c(Cl)c4)c3s2)C1. The van der Waals surface area contributed by atoms with Crippen LogP contribution in [0, 0.1) is 17.7 Å². The molecule has 4 aromatic rings. The van der Waals surface area contributed by atoms with Crippen molar-refractivity contribution in [2.75, 3.05) is 11.9 Å². The fourth-order valence-electron chi connectivity index (χ4n) is 4.11. The summed E-state index contributed by atoms with van der Waals surface area (Å²) in [6.07, 6.45) is 1.49. The maximum Gasteiger partial charge on any atom is 0.407 e. The second kappa shape index (κ2) is 12.5. The van der Waals surface area contributed by atoms with Crippen LogP contribution in [0.3, 0.4) is 0 Å². The molecule has 0 saturated carbocycles. The maximum atomic E-state index is 13.4. The normalized spacial score (nSPS) is 16.4. The zero-order valence-corrected chi connectivity index (χ0v) is 23.4. The van der Waals surface area contributed by atoms with Crippen molar-refractivity contribution in [2.24, 2.45) is 0 Å². The summed E-state index contributed by atoms with van der Waals surface area (Å²) in [7, 11) is 0. The van der Waals surface area contributed by atoms with Gasteiger partial charge in [0.25, 0.3) is 0 Å². The number of carbonyl (C=O) groups is 1. The van der Waals surface area contributed by atoms with E-state index in [1.807, 2.05) is 26.0 Å². The van der Waals surface area contributed by atoms with E-state index >= 15 is 0 Å². The molecule has 40 heavy (non-hydrogen) atoms. The maximum absolute atomic E-state index is 13.4. The molecule has 2 atom stereocenters. The van der Waals surface area contributed by atoms with E-state index in [4.69, 9.17) is 21.1 Å². The highest BCUT2D eigenvalue weighted by molar-refractivity contribution is 7.20. The van der Waals surface area contributed by atoms with E-state index in [2.05, 4.69) is 37.8 Å². The van der Waals surface area contributed by atoms with Gasteiger partial charge in [-0.2, -0.15) is 0 Å². The number of halogens is 2. The molecular formula is C29H27ClFN5O3S. The Bertz CT molecular complexity index is 1580. The first-order valence-electron chi connectivity index (χ1n) is 12.7.